The number of Topliss-reactive ketones (excluding diaryl/α,β-unsaturated/α-hetero) is 1. The van der Waals surface area contributed by atoms with Crippen LogP contribution in [0.15, 0.2) is 72.3 Å². The predicted molar refractivity (Wildman–Crippen MR) is 96.6 cm³/mol. The normalized spacial score (nSPS) is 17.5. The molecule has 1 aliphatic rings. The third kappa shape index (κ3) is 3.31. The topological polar surface area (TPSA) is 46.5 Å². The van der Waals surface area contributed by atoms with E-state index >= 15 is 0 Å². The predicted octanol–water partition coefficient (Wildman–Crippen LogP) is 5.07. The standard InChI is InChI=1S/C22H14F2O3/c23-15-5-1-13(2-6-15)11-19-21(26)18-12-17(25)9-10-20(18)27-22(19)14-3-7-16(24)8-4-14/h1-12,22,25H. The lowest BCUT2D eigenvalue weighted by atomic mass is 9.89. The number of phenolic OH excluding ortho intramolecular Hbond substituents is 1. The molecule has 0 aromatic heterocycles. The molecule has 4 rings (SSSR count). The molecule has 3 aromatic carbocycles. The maximum Gasteiger partial charge on any atom is 0.196 e. The van der Waals surface area contributed by atoms with Crippen LogP contribution < -0.4 is 4.74 Å². The van der Waals surface area contributed by atoms with E-state index in [-0.39, 0.29) is 22.9 Å². The quantitative estimate of drug-likeness (QED) is 0.646. The van der Waals surface area contributed by atoms with Gasteiger partial charge in [-0.15, -0.1) is 0 Å². The number of hydrogen-bond donors (Lipinski definition) is 1. The molecule has 1 aliphatic heterocycles. The summed E-state index contributed by atoms with van der Waals surface area (Å²) in [6, 6.07) is 15.7. The van der Waals surface area contributed by atoms with Gasteiger partial charge in [-0.1, -0.05) is 24.3 Å². The monoisotopic (exact) mass is 364 g/mol. The Labute approximate surface area is 154 Å². The fraction of sp³-hybridized carbons (Fsp3) is 0.0455. The molecule has 0 amide bonds. The van der Waals surface area contributed by atoms with Gasteiger partial charge in [0.2, 0.25) is 0 Å². The molecule has 0 saturated carbocycles. The number of phenols is 1. The Morgan fingerprint density at radius 2 is 1.52 bits per heavy atom. The zero-order valence-electron chi connectivity index (χ0n) is 14.0. The molecule has 0 radical (unpaired) electrons. The van der Waals surface area contributed by atoms with Gasteiger partial charge in [0.05, 0.1) is 5.56 Å². The van der Waals surface area contributed by atoms with Crippen LogP contribution in [0.1, 0.15) is 27.6 Å². The summed E-state index contributed by atoms with van der Waals surface area (Å²) in [5.41, 5.74) is 1.78. The van der Waals surface area contributed by atoms with Crippen molar-refractivity contribution in [3.63, 3.8) is 0 Å². The number of rotatable bonds is 2. The number of carbonyl (C=O) groups excluding carboxylic acids is 1. The van der Waals surface area contributed by atoms with Gasteiger partial charge in [0.1, 0.15) is 23.1 Å². The van der Waals surface area contributed by atoms with E-state index in [9.17, 15) is 18.7 Å². The first-order chi connectivity index (χ1) is 13.0. The number of hydrogen-bond acceptors (Lipinski definition) is 3. The molecule has 1 heterocycles. The van der Waals surface area contributed by atoms with Crippen molar-refractivity contribution in [3.8, 4) is 11.5 Å². The Balaban J connectivity index is 1.85. The Morgan fingerprint density at radius 1 is 0.889 bits per heavy atom. The highest BCUT2D eigenvalue weighted by Crippen LogP contribution is 2.40. The van der Waals surface area contributed by atoms with Crippen LogP contribution in [0.3, 0.4) is 0 Å². The second-order valence-electron chi connectivity index (χ2n) is 6.21. The third-order valence-electron chi connectivity index (χ3n) is 4.36. The number of halogens is 2. The molecule has 134 valence electrons. The maximum atomic E-state index is 13.3. The van der Waals surface area contributed by atoms with E-state index in [0.717, 1.165) is 0 Å². The Hall–Kier alpha value is -3.47. The fourth-order valence-electron chi connectivity index (χ4n) is 3.03. The van der Waals surface area contributed by atoms with Crippen LogP contribution in [0.5, 0.6) is 11.5 Å². The summed E-state index contributed by atoms with van der Waals surface area (Å²) >= 11 is 0. The molecule has 1 atom stereocenters. The Bertz CT molecular complexity index is 1040. The second-order valence-corrected chi connectivity index (χ2v) is 6.21. The van der Waals surface area contributed by atoms with Crippen LogP contribution in [0.4, 0.5) is 8.78 Å². The van der Waals surface area contributed by atoms with Crippen LogP contribution in [0.25, 0.3) is 6.08 Å². The van der Waals surface area contributed by atoms with E-state index in [0.29, 0.717) is 22.4 Å². The first-order valence-electron chi connectivity index (χ1n) is 8.28. The highest BCUT2D eigenvalue weighted by Gasteiger charge is 2.33. The molecular weight excluding hydrogens is 350 g/mol. The number of fused-ring (bicyclic) bond motifs is 1. The van der Waals surface area contributed by atoms with Gasteiger partial charge in [0.15, 0.2) is 11.9 Å². The number of benzene rings is 3. The summed E-state index contributed by atoms with van der Waals surface area (Å²) in [6.07, 6.45) is 0.864. The smallest absolute Gasteiger partial charge is 0.196 e. The lowest BCUT2D eigenvalue weighted by Gasteiger charge is -2.28. The van der Waals surface area contributed by atoms with Crippen molar-refractivity contribution in [3.05, 3.63) is 101 Å². The average molecular weight is 364 g/mol. The van der Waals surface area contributed by atoms with Gasteiger partial charge in [-0.3, -0.25) is 4.79 Å². The summed E-state index contributed by atoms with van der Waals surface area (Å²) in [6.45, 7) is 0. The molecular formula is C22H14F2O3. The van der Waals surface area contributed by atoms with Gasteiger partial charge in [-0.2, -0.15) is 0 Å². The van der Waals surface area contributed by atoms with E-state index in [4.69, 9.17) is 4.74 Å². The summed E-state index contributed by atoms with van der Waals surface area (Å²) in [5, 5.41) is 9.72. The molecule has 3 aromatic rings. The first-order valence-corrected chi connectivity index (χ1v) is 8.28. The average Bonchev–Trinajstić information content (AvgIpc) is 2.67. The summed E-state index contributed by atoms with van der Waals surface area (Å²) < 4.78 is 32.5. The van der Waals surface area contributed by atoms with Crippen molar-refractivity contribution in [2.45, 2.75) is 6.10 Å². The lowest BCUT2D eigenvalue weighted by Crippen LogP contribution is -2.23. The van der Waals surface area contributed by atoms with E-state index in [1.54, 1.807) is 30.3 Å². The van der Waals surface area contributed by atoms with Crippen molar-refractivity contribution in [1.82, 2.24) is 0 Å². The Kier molecular flexibility index (Phi) is 4.20. The maximum absolute atomic E-state index is 13.3. The van der Waals surface area contributed by atoms with Gasteiger partial charge in [-0.25, -0.2) is 8.78 Å². The van der Waals surface area contributed by atoms with Gasteiger partial charge in [0, 0.05) is 5.57 Å². The third-order valence-corrected chi connectivity index (χ3v) is 4.36. The van der Waals surface area contributed by atoms with Gasteiger partial charge in [-0.05, 0) is 59.7 Å². The summed E-state index contributed by atoms with van der Waals surface area (Å²) in [5.74, 6) is -0.801. The van der Waals surface area contributed by atoms with E-state index in [1.807, 2.05) is 0 Å². The van der Waals surface area contributed by atoms with E-state index < -0.39 is 11.9 Å². The molecule has 1 unspecified atom stereocenters. The molecule has 0 aliphatic carbocycles. The Morgan fingerprint density at radius 3 is 2.19 bits per heavy atom. The number of carbonyl (C=O) groups is 1. The zero-order chi connectivity index (χ0) is 19.0. The minimum Gasteiger partial charge on any atom is -0.508 e. The van der Waals surface area contributed by atoms with Crippen molar-refractivity contribution < 1.29 is 23.4 Å². The lowest BCUT2D eigenvalue weighted by molar-refractivity contribution is 0.0963. The molecule has 0 saturated heterocycles. The van der Waals surface area contributed by atoms with Gasteiger partial charge >= 0.3 is 0 Å². The molecule has 0 fully saturated rings. The van der Waals surface area contributed by atoms with Crippen molar-refractivity contribution in [2.75, 3.05) is 0 Å². The highest BCUT2D eigenvalue weighted by molar-refractivity contribution is 6.14. The first kappa shape index (κ1) is 17.0. The molecule has 0 bridgehead atoms. The van der Waals surface area contributed by atoms with Crippen molar-refractivity contribution >= 4 is 11.9 Å². The highest BCUT2D eigenvalue weighted by atomic mass is 19.1. The SMILES string of the molecule is O=C1C(=Cc2ccc(F)cc2)C(c2ccc(F)cc2)Oc2ccc(O)cc21. The zero-order valence-corrected chi connectivity index (χ0v) is 14.0. The fourth-order valence-corrected chi connectivity index (χ4v) is 3.03. The minimum absolute atomic E-state index is 0.0490. The van der Waals surface area contributed by atoms with Gasteiger partial charge < -0.3 is 9.84 Å². The van der Waals surface area contributed by atoms with Gasteiger partial charge in [0.25, 0.3) is 0 Å². The van der Waals surface area contributed by atoms with E-state index in [2.05, 4.69) is 0 Å². The molecule has 1 N–H and O–H groups in total. The van der Waals surface area contributed by atoms with Crippen LogP contribution in [0.2, 0.25) is 0 Å². The van der Waals surface area contributed by atoms with E-state index in [1.165, 1.54) is 42.5 Å². The summed E-state index contributed by atoms with van der Waals surface area (Å²) in [4.78, 5) is 13.1. The number of aromatic hydroxyl groups is 1. The second kappa shape index (κ2) is 6.68. The van der Waals surface area contributed by atoms with Crippen molar-refractivity contribution in [1.29, 1.82) is 0 Å². The summed E-state index contributed by atoms with van der Waals surface area (Å²) in [7, 11) is 0. The van der Waals surface area contributed by atoms with Crippen LogP contribution >= 0.6 is 0 Å². The van der Waals surface area contributed by atoms with Crippen LogP contribution in [-0.4, -0.2) is 10.9 Å². The molecule has 3 nitrogen and oxygen atoms in total. The number of ketones is 1. The minimum atomic E-state index is -0.750. The number of ether oxygens (including phenoxy) is 1. The van der Waals surface area contributed by atoms with Crippen molar-refractivity contribution in [2.24, 2.45) is 0 Å². The molecule has 27 heavy (non-hydrogen) atoms. The molecule has 0 spiro atoms. The van der Waals surface area contributed by atoms with Crippen LogP contribution in [0, 0.1) is 11.6 Å². The molecule has 5 heteroatoms. The largest absolute Gasteiger partial charge is 0.508 e. The van der Waals surface area contributed by atoms with Crippen LogP contribution in [-0.2, 0) is 0 Å².